The lowest BCUT2D eigenvalue weighted by Crippen LogP contribution is -2.27. The molecule has 2 aromatic carbocycles. The Morgan fingerprint density at radius 1 is 1.11 bits per heavy atom. The molecule has 4 rings (SSSR count). The number of aromatic hydroxyl groups is 1. The zero-order valence-corrected chi connectivity index (χ0v) is 22.5. The molecule has 38 heavy (non-hydrogen) atoms. The molecule has 0 bridgehead atoms. The smallest absolute Gasteiger partial charge is 0.303 e. The van der Waals surface area contributed by atoms with Crippen LogP contribution in [0.25, 0.3) is 28.0 Å². The Morgan fingerprint density at radius 2 is 1.84 bits per heavy atom. The Balaban J connectivity index is 1.86. The van der Waals surface area contributed by atoms with Crippen molar-refractivity contribution in [1.29, 1.82) is 0 Å². The summed E-state index contributed by atoms with van der Waals surface area (Å²) in [6.07, 6.45) is 8.05. The summed E-state index contributed by atoms with van der Waals surface area (Å²) in [5, 5.41) is 20.3. The standard InChI is InChI=1S/C30H34O8/c1-17(2)10-11-19-25-21(16-23(29(19)35-5)36-14-8-6-7-9-24(31)32)37-22-15-20-18(12-13-30(3,4)38-20)27(33)26(22)28(25)34/h10,12-13,15-16,33H,6-9,11,14H2,1-5H3,(H,31,32). The number of phenolic OH excluding ortho intramolecular Hbond substituents is 1. The molecule has 0 atom stereocenters. The van der Waals surface area contributed by atoms with Crippen LogP contribution >= 0.6 is 0 Å². The molecule has 0 aliphatic carbocycles. The minimum atomic E-state index is -0.814. The van der Waals surface area contributed by atoms with Crippen molar-refractivity contribution < 1.29 is 33.6 Å². The van der Waals surface area contributed by atoms with Crippen LogP contribution in [-0.2, 0) is 11.2 Å². The van der Waals surface area contributed by atoms with E-state index in [9.17, 15) is 14.7 Å². The van der Waals surface area contributed by atoms with Gasteiger partial charge in [0.25, 0.3) is 0 Å². The normalized spacial score (nSPS) is 13.7. The summed E-state index contributed by atoms with van der Waals surface area (Å²) in [4.78, 5) is 24.7. The number of rotatable bonds is 10. The number of phenols is 1. The van der Waals surface area contributed by atoms with E-state index in [2.05, 4.69) is 0 Å². The SMILES string of the molecule is COc1c(OCCCCCC(=O)O)cc2oc3cc4c(c(O)c3c(=O)c2c1CC=C(C)C)C=CC(C)(C)O4. The van der Waals surface area contributed by atoms with Gasteiger partial charge in [-0.1, -0.05) is 11.6 Å². The summed E-state index contributed by atoms with van der Waals surface area (Å²) < 4.78 is 24.0. The number of carboxylic acid groups (broad SMARTS) is 1. The van der Waals surface area contributed by atoms with Crippen molar-refractivity contribution in [2.75, 3.05) is 13.7 Å². The summed E-state index contributed by atoms with van der Waals surface area (Å²) >= 11 is 0. The lowest BCUT2D eigenvalue weighted by atomic mass is 9.97. The van der Waals surface area contributed by atoms with E-state index in [0.717, 1.165) is 5.57 Å². The molecule has 3 aromatic rings. The number of aliphatic carboxylic acids is 1. The lowest BCUT2D eigenvalue weighted by Gasteiger charge is -2.28. The summed E-state index contributed by atoms with van der Waals surface area (Å²) in [6.45, 7) is 8.09. The second-order valence-corrected chi connectivity index (χ2v) is 10.3. The van der Waals surface area contributed by atoms with Crippen LogP contribution in [0.5, 0.6) is 23.0 Å². The Hall–Kier alpha value is -3.94. The largest absolute Gasteiger partial charge is 0.506 e. The number of methoxy groups -OCH3 is 1. The molecule has 202 valence electrons. The number of benzene rings is 2. The molecule has 0 amide bonds. The summed E-state index contributed by atoms with van der Waals surface area (Å²) in [6, 6.07) is 3.28. The fraction of sp³-hybridized carbons (Fsp3) is 0.400. The molecular formula is C30H34O8. The first-order valence-electron chi connectivity index (χ1n) is 12.7. The molecule has 8 nitrogen and oxygen atoms in total. The molecule has 8 heteroatoms. The number of ether oxygens (including phenoxy) is 3. The number of carbonyl (C=O) groups is 1. The average Bonchev–Trinajstić information content (AvgIpc) is 2.83. The van der Waals surface area contributed by atoms with Crippen LogP contribution in [0.15, 0.2) is 39.1 Å². The third kappa shape index (κ3) is 5.49. The molecule has 0 saturated carbocycles. The van der Waals surface area contributed by atoms with Gasteiger partial charge in [-0.2, -0.15) is 0 Å². The van der Waals surface area contributed by atoms with E-state index in [1.165, 1.54) is 7.11 Å². The zero-order valence-electron chi connectivity index (χ0n) is 22.5. The van der Waals surface area contributed by atoms with E-state index in [4.69, 9.17) is 23.7 Å². The second kappa shape index (κ2) is 10.8. The van der Waals surface area contributed by atoms with Gasteiger partial charge in [0.1, 0.15) is 33.7 Å². The highest BCUT2D eigenvalue weighted by Crippen LogP contribution is 2.43. The van der Waals surface area contributed by atoms with Gasteiger partial charge >= 0.3 is 5.97 Å². The number of unbranched alkanes of at least 4 members (excludes halogenated alkanes) is 2. The van der Waals surface area contributed by atoms with E-state index in [1.807, 2.05) is 39.8 Å². The van der Waals surface area contributed by atoms with Gasteiger partial charge in [0.2, 0.25) is 5.43 Å². The van der Waals surface area contributed by atoms with Crippen LogP contribution in [0.4, 0.5) is 0 Å². The van der Waals surface area contributed by atoms with Gasteiger partial charge in [0.05, 0.1) is 24.7 Å². The molecule has 1 aromatic heterocycles. The van der Waals surface area contributed by atoms with Crippen molar-refractivity contribution >= 4 is 34.0 Å². The summed E-state index contributed by atoms with van der Waals surface area (Å²) in [5.74, 6) is 0.287. The number of hydrogen-bond acceptors (Lipinski definition) is 7. The molecule has 0 radical (unpaired) electrons. The fourth-order valence-corrected chi connectivity index (χ4v) is 4.59. The first-order valence-corrected chi connectivity index (χ1v) is 12.7. The third-order valence-electron chi connectivity index (χ3n) is 6.48. The van der Waals surface area contributed by atoms with Crippen LogP contribution in [0.3, 0.4) is 0 Å². The van der Waals surface area contributed by atoms with Crippen LogP contribution < -0.4 is 19.6 Å². The minimum absolute atomic E-state index is 0.0804. The van der Waals surface area contributed by atoms with Gasteiger partial charge in [0.15, 0.2) is 11.5 Å². The molecule has 0 saturated heterocycles. The number of allylic oxidation sites excluding steroid dienone is 2. The molecular weight excluding hydrogens is 488 g/mol. The number of hydrogen-bond donors (Lipinski definition) is 2. The highest BCUT2D eigenvalue weighted by Gasteiger charge is 2.28. The van der Waals surface area contributed by atoms with Crippen LogP contribution in [0.1, 0.15) is 64.5 Å². The predicted octanol–water partition coefficient (Wildman–Crippen LogP) is 6.38. The highest BCUT2D eigenvalue weighted by atomic mass is 16.5. The Labute approximate surface area is 221 Å². The minimum Gasteiger partial charge on any atom is -0.506 e. The molecule has 0 spiro atoms. The van der Waals surface area contributed by atoms with Gasteiger partial charge in [-0.3, -0.25) is 9.59 Å². The van der Waals surface area contributed by atoms with Gasteiger partial charge in [0, 0.05) is 24.1 Å². The topological polar surface area (TPSA) is 115 Å². The molecule has 0 unspecified atom stereocenters. The monoisotopic (exact) mass is 522 g/mol. The van der Waals surface area contributed by atoms with Crippen molar-refractivity contribution in [3.8, 4) is 23.0 Å². The van der Waals surface area contributed by atoms with Crippen LogP contribution in [0, 0.1) is 0 Å². The zero-order chi connectivity index (χ0) is 27.6. The van der Waals surface area contributed by atoms with Crippen molar-refractivity contribution in [2.24, 2.45) is 0 Å². The van der Waals surface area contributed by atoms with Crippen molar-refractivity contribution in [1.82, 2.24) is 0 Å². The van der Waals surface area contributed by atoms with Crippen molar-refractivity contribution in [3.63, 3.8) is 0 Å². The maximum absolute atomic E-state index is 13.9. The quantitative estimate of drug-likeness (QED) is 0.179. The average molecular weight is 523 g/mol. The van der Waals surface area contributed by atoms with Crippen molar-refractivity contribution in [2.45, 2.75) is 65.4 Å². The maximum atomic E-state index is 13.9. The van der Waals surface area contributed by atoms with E-state index in [0.29, 0.717) is 71.6 Å². The maximum Gasteiger partial charge on any atom is 0.303 e. The molecule has 2 N–H and O–H groups in total. The fourth-order valence-electron chi connectivity index (χ4n) is 4.59. The van der Waals surface area contributed by atoms with Gasteiger partial charge in [-0.25, -0.2) is 0 Å². The first kappa shape index (κ1) is 27.1. The number of carboxylic acids is 1. The molecule has 1 aliphatic heterocycles. The van der Waals surface area contributed by atoms with E-state index in [1.54, 1.807) is 18.2 Å². The van der Waals surface area contributed by atoms with Gasteiger partial charge in [-0.05, 0) is 65.5 Å². The predicted molar refractivity (Wildman–Crippen MR) is 147 cm³/mol. The number of fused-ring (bicyclic) bond motifs is 3. The van der Waals surface area contributed by atoms with Crippen LogP contribution in [-0.4, -0.2) is 35.5 Å². The Bertz CT molecular complexity index is 1500. The highest BCUT2D eigenvalue weighted by molar-refractivity contribution is 5.99. The molecule has 1 aliphatic rings. The van der Waals surface area contributed by atoms with Gasteiger partial charge < -0.3 is 28.8 Å². The first-order chi connectivity index (χ1) is 18.0. The molecule has 2 heterocycles. The Kier molecular flexibility index (Phi) is 7.71. The second-order valence-electron chi connectivity index (χ2n) is 10.3. The Morgan fingerprint density at radius 3 is 2.53 bits per heavy atom. The van der Waals surface area contributed by atoms with E-state index >= 15 is 0 Å². The van der Waals surface area contributed by atoms with Crippen molar-refractivity contribution in [3.05, 3.63) is 51.2 Å². The third-order valence-corrected chi connectivity index (χ3v) is 6.48. The van der Waals surface area contributed by atoms with E-state index in [-0.39, 0.29) is 28.6 Å². The van der Waals surface area contributed by atoms with Crippen LogP contribution in [0.2, 0.25) is 0 Å². The lowest BCUT2D eigenvalue weighted by molar-refractivity contribution is -0.137. The summed E-state index contributed by atoms with van der Waals surface area (Å²) in [7, 11) is 1.52. The summed E-state index contributed by atoms with van der Waals surface area (Å²) in [5.41, 5.74) is 1.69. The van der Waals surface area contributed by atoms with Gasteiger partial charge in [-0.15, -0.1) is 0 Å². The molecule has 0 fully saturated rings. The van der Waals surface area contributed by atoms with E-state index < -0.39 is 11.6 Å².